The molecule has 0 radical (unpaired) electrons. The number of para-hydroxylation sites is 1. The van der Waals surface area contributed by atoms with Gasteiger partial charge in [-0.3, -0.25) is 53.4 Å². The molecule has 8 atom stereocenters. The van der Waals surface area contributed by atoms with Crippen molar-refractivity contribution in [2.45, 2.75) is 146 Å². The molecule has 3 aliphatic rings. The number of aromatic nitrogens is 3. The number of carbonyl (C=O) groups excluding carboxylic acids is 10. The van der Waals surface area contributed by atoms with Crippen LogP contribution < -0.4 is 48.3 Å². The first kappa shape index (κ1) is 59.0. The zero-order chi connectivity index (χ0) is 57.3. The maximum atomic E-state index is 15.1. The van der Waals surface area contributed by atoms with Crippen LogP contribution in [0.4, 0.5) is 0 Å². The molecule has 7 rings (SSSR count). The highest BCUT2D eigenvalue weighted by atomic mass is 16.2. The molecule has 13 N–H and O–H groups in total. The molecule has 5 heterocycles. The number of imidazole rings is 1. The predicted octanol–water partition coefficient (Wildman–Crippen LogP) is -0.628. The van der Waals surface area contributed by atoms with Gasteiger partial charge in [0.2, 0.25) is 53.2 Å². The molecule has 3 saturated heterocycles. The fourth-order valence-corrected chi connectivity index (χ4v) is 10.6. The molecule has 0 spiro atoms. The van der Waals surface area contributed by atoms with E-state index in [1.807, 2.05) is 24.3 Å². The maximum absolute atomic E-state index is 15.1. The Kier molecular flexibility index (Phi) is 20.9. The van der Waals surface area contributed by atoms with E-state index in [4.69, 9.17) is 11.1 Å². The molecule has 0 unspecified atom stereocenters. The first-order chi connectivity index (χ1) is 38.4. The summed E-state index contributed by atoms with van der Waals surface area (Å²) in [4.78, 5) is 154. The largest absolute Gasteiger partial charge is 0.370 e. The molecule has 25 nitrogen and oxygen atoms in total. The fraction of sp³-hybridized carbons (Fsp3) is 0.491. The van der Waals surface area contributed by atoms with Gasteiger partial charge >= 0.3 is 0 Å². The van der Waals surface area contributed by atoms with E-state index in [0.29, 0.717) is 49.0 Å². The van der Waals surface area contributed by atoms with E-state index >= 15 is 4.79 Å². The third-order valence-corrected chi connectivity index (χ3v) is 14.7. The number of hydrogen-bond acceptors (Lipinski definition) is 12. The van der Waals surface area contributed by atoms with Crippen LogP contribution >= 0.6 is 0 Å². The van der Waals surface area contributed by atoms with E-state index < -0.39 is 95.6 Å². The lowest BCUT2D eigenvalue weighted by Crippen LogP contribution is -2.61. The van der Waals surface area contributed by atoms with Crippen LogP contribution in [0, 0.1) is 5.41 Å². The molecule has 4 aromatic rings. The Labute approximate surface area is 462 Å². The molecule has 0 bridgehead atoms. The lowest BCUT2D eigenvalue weighted by molar-refractivity contribution is -0.147. The van der Waals surface area contributed by atoms with Crippen molar-refractivity contribution in [3.63, 3.8) is 0 Å². The molecule has 2 aromatic heterocycles. The Morgan fingerprint density at radius 1 is 0.688 bits per heavy atom. The second-order valence-electron chi connectivity index (χ2n) is 20.6. The van der Waals surface area contributed by atoms with Crippen molar-refractivity contribution >= 4 is 75.8 Å². The number of H-pyrrole nitrogens is 2. The number of aromatic amines is 2. The average molecular weight is 1100 g/mol. The van der Waals surface area contributed by atoms with E-state index in [9.17, 15) is 43.2 Å². The number of amides is 9. The van der Waals surface area contributed by atoms with Crippen molar-refractivity contribution in [2.75, 3.05) is 26.2 Å². The first-order valence-electron chi connectivity index (χ1n) is 27.3. The smallest absolute Gasteiger partial charge is 0.245 e. The second kappa shape index (κ2) is 28.3. The van der Waals surface area contributed by atoms with Gasteiger partial charge in [-0.05, 0) is 81.9 Å². The van der Waals surface area contributed by atoms with Crippen molar-refractivity contribution < 1.29 is 47.9 Å². The summed E-state index contributed by atoms with van der Waals surface area (Å²) in [7, 11) is 0. The summed E-state index contributed by atoms with van der Waals surface area (Å²) in [5.41, 5.74) is 7.95. The monoisotopic (exact) mass is 1100 g/mol. The van der Waals surface area contributed by atoms with Gasteiger partial charge in [-0.15, -0.1) is 0 Å². The minimum atomic E-state index is -1.40. The summed E-state index contributed by atoms with van der Waals surface area (Å²) in [5.74, 6) is -6.53. The number of fused-ring (bicyclic) bond motifs is 1. The molecule has 0 saturated carbocycles. The van der Waals surface area contributed by atoms with Gasteiger partial charge in [0.25, 0.3) is 0 Å². The number of rotatable bonds is 14. The van der Waals surface area contributed by atoms with Crippen LogP contribution in [0.2, 0.25) is 0 Å². The summed E-state index contributed by atoms with van der Waals surface area (Å²) in [5, 5.41) is 30.5. The Morgan fingerprint density at radius 2 is 1.31 bits per heavy atom. The maximum Gasteiger partial charge on any atom is 0.245 e. The number of nitrogens with one attached hydrogen (secondary N) is 11. The van der Waals surface area contributed by atoms with Crippen LogP contribution in [-0.4, -0.2) is 164 Å². The molecule has 9 amide bonds. The summed E-state index contributed by atoms with van der Waals surface area (Å²) >= 11 is 0. The van der Waals surface area contributed by atoms with Gasteiger partial charge in [-0.2, -0.15) is 0 Å². The fourth-order valence-electron chi connectivity index (χ4n) is 10.6. The van der Waals surface area contributed by atoms with Gasteiger partial charge in [0.15, 0.2) is 11.7 Å². The number of guanidine groups is 1. The average Bonchev–Trinajstić information content (AvgIpc) is 4.33. The molecular formula is C55H73N15O10. The normalized spacial score (nSPS) is 24.1. The van der Waals surface area contributed by atoms with Crippen LogP contribution in [0.1, 0.15) is 94.9 Å². The van der Waals surface area contributed by atoms with Crippen LogP contribution in [0.5, 0.6) is 0 Å². The van der Waals surface area contributed by atoms with Gasteiger partial charge < -0.3 is 68.0 Å². The minimum absolute atomic E-state index is 0.00264. The zero-order valence-corrected chi connectivity index (χ0v) is 45.1. The number of nitrogens with two attached hydrogens (primary N) is 1. The molecule has 80 heavy (non-hydrogen) atoms. The van der Waals surface area contributed by atoms with Gasteiger partial charge in [0, 0.05) is 82.1 Å². The predicted molar refractivity (Wildman–Crippen MR) is 292 cm³/mol. The second-order valence-corrected chi connectivity index (χ2v) is 20.6. The van der Waals surface area contributed by atoms with Crippen LogP contribution in [0.15, 0.2) is 73.3 Å². The summed E-state index contributed by atoms with van der Waals surface area (Å²) in [6, 6.07) is 6.42. The molecule has 428 valence electrons. The van der Waals surface area contributed by atoms with E-state index in [1.54, 1.807) is 36.5 Å². The lowest BCUT2D eigenvalue weighted by Gasteiger charge is -2.33. The molecule has 2 aromatic carbocycles. The Hall–Kier alpha value is -8.64. The molecule has 0 aliphatic carbocycles. The van der Waals surface area contributed by atoms with Crippen molar-refractivity contribution in [3.8, 4) is 0 Å². The number of Topliss-reactive ketones (excluding diaryl/α,β-unsaturated/α-hetero) is 1. The summed E-state index contributed by atoms with van der Waals surface area (Å²) in [6.45, 7) is 3.29. The zero-order valence-electron chi connectivity index (χ0n) is 45.1. The summed E-state index contributed by atoms with van der Waals surface area (Å²) < 4.78 is 0. The lowest BCUT2D eigenvalue weighted by atomic mass is 10.0. The van der Waals surface area contributed by atoms with Gasteiger partial charge in [0.1, 0.15) is 42.3 Å². The third-order valence-electron chi connectivity index (χ3n) is 14.7. The molecule has 3 aliphatic heterocycles. The topological polar surface area (TPSA) is 368 Å². The number of carbonyl (C=O) groups is 10. The molecule has 25 heteroatoms. The third kappa shape index (κ3) is 16.2. The highest BCUT2D eigenvalue weighted by Crippen LogP contribution is 2.27. The molecular weight excluding hydrogens is 1030 g/mol. The number of nitrogens with zero attached hydrogens (tertiary/aromatic N) is 3. The Balaban J connectivity index is 1.26. The van der Waals surface area contributed by atoms with E-state index in [1.165, 1.54) is 36.2 Å². The van der Waals surface area contributed by atoms with Crippen molar-refractivity contribution in [3.05, 3.63) is 90.1 Å². The number of hydrogen-bond donors (Lipinski definition) is 12. The Morgan fingerprint density at radius 3 is 2.00 bits per heavy atom. The van der Waals surface area contributed by atoms with E-state index in [0.717, 1.165) is 10.9 Å². The quantitative estimate of drug-likeness (QED) is 0.0426. The highest BCUT2D eigenvalue weighted by Gasteiger charge is 2.43. The van der Waals surface area contributed by atoms with Gasteiger partial charge in [-0.25, -0.2) is 4.98 Å². The highest BCUT2D eigenvalue weighted by molar-refractivity contribution is 5.99. The Bertz CT molecular complexity index is 2880. The number of likely N-dealkylation sites (tertiary alicyclic amines) is 2. The van der Waals surface area contributed by atoms with Crippen molar-refractivity contribution in [1.29, 1.82) is 5.41 Å². The standard InChI is InChI=1S/C55H73N15O10/c1-32(71)45-18-10-24-69(45)54(80)46-19-11-25-70(46)53(79)41-17-9-22-59-47(73)21-20-40(63-33(2)72)49(75)68-44(28-36-30-58-31-62-36)52(78)66-42(26-34-12-4-3-5-13-34)50(76)64-39(16-8-23-60-55(56)57)48(74)67-43(51(77)65-41)27-35-29-61-38-15-7-6-14-37(35)38/h3-7,12-15,29-31,39-46,61H,8-11,16-28H2,1-2H3,(H,58,62)(H,59,73)(H,63,72)(H,64,76)(H,65,77)(H,66,78)(H,67,74)(H,68,75)(H4,56,57,60)/t39-,40-,41-,42+,43-,44-,45+,46+/m0/s1. The van der Waals surface area contributed by atoms with E-state index in [-0.39, 0.29) is 95.1 Å². The van der Waals surface area contributed by atoms with E-state index in [2.05, 4.69) is 57.5 Å². The van der Waals surface area contributed by atoms with Crippen molar-refractivity contribution in [2.24, 2.45) is 5.73 Å². The van der Waals surface area contributed by atoms with Gasteiger partial charge in [-0.1, -0.05) is 48.5 Å². The number of ketones is 1. The van der Waals surface area contributed by atoms with Crippen molar-refractivity contribution in [1.82, 2.24) is 67.3 Å². The van der Waals surface area contributed by atoms with Crippen LogP contribution in [-0.2, 0) is 67.2 Å². The number of benzene rings is 2. The molecule has 3 fully saturated rings. The SMILES string of the molecule is CC(=O)N[C@H]1CCC(=O)NCCC[C@@H](C(=O)N2CCC[C@@H]2C(=O)N2CCC[C@@H]2C(C)=O)NC(=O)[C@H](Cc2c[nH]c3ccccc23)NC(=O)[C@H](CCCNC(=N)N)NC(=O)[C@@H](Cc2ccccc2)NC(=O)[C@H](Cc2c[nH]cn2)NC1=O. The summed E-state index contributed by atoms with van der Waals surface area (Å²) in [6.07, 6.45) is 5.92. The minimum Gasteiger partial charge on any atom is -0.370 e. The van der Waals surface area contributed by atoms with Gasteiger partial charge in [0.05, 0.1) is 18.1 Å². The van der Waals surface area contributed by atoms with Crippen LogP contribution in [0.3, 0.4) is 0 Å². The van der Waals surface area contributed by atoms with Crippen LogP contribution in [0.25, 0.3) is 10.9 Å². The first-order valence-corrected chi connectivity index (χ1v) is 27.3.